The van der Waals surface area contributed by atoms with E-state index in [0.29, 0.717) is 5.54 Å². The molecule has 112 valence electrons. The average Bonchev–Trinajstić information content (AvgIpc) is 3.17. The first-order chi connectivity index (χ1) is 9.41. The van der Waals surface area contributed by atoms with Crippen LogP contribution in [0.25, 0.3) is 0 Å². The molecule has 1 atom stereocenters. The lowest BCUT2D eigenvalue weighted by Crippen LogP contribution is -2.68. The molecule has 0 amide bonds. The average molecular weight is 276 g/mol. The molecule has 2 aliphatic rings. The molecule has 3 rings (SSSR count). The number of aryl methyl sites for hydroxylation is 1. The van der Waals surface area contributed by atoms with Gasteiger partial charge in [-0.25, -0.2) is 4.98 Å². The Balaban J connectivity index is 1.67. The Morgan fingerprint density at radius 2 is 2.05 bits per heavy atom. The summed E-state index contributed by atoms with van der Waals surface area (Å²) >= 11 is 0. The third-order valence-corrected chi connectivity index (χ3v) is 5.31. The molecule has 1 aliphatic carbocycles. The Morgan fingerprint density at radius 1 is 1.30 bits per heavy atom. The van der Waals surface area contributed by atoms with Crippen molar-refractivity contribution in [2.24, 2.45) is 5.92 Å². The summed E-state index contributed by atoms with van der Waals surface area (Å²) in [5, 5.41) is 3.82. The molecule has 1 aliphatic heterocycles. The fourth-order valence-corrected chi connectivity index (χ4v) is 3.44. The van der Waals surface area contributed by atoms with Crippen LogP contribution in [-0.4, -0.2) is 45.2 Å². The molecular formula is C16H28N4. The van der Waals surface area contributed by atoms with E-state index < -0.39 is 0 Å². The third kappa shape index (κ3) is 2.63. The van der Waals surface area contributed by atoms with E-state index in [0.717, 1.165) is 31.4 Å². The van der Waals surface area contributed by atoms with Crippen LogP contribution in [0.1, 0.15) is 39.4 Å². The molecule has 4 nitrogen and oxygen atoms in total. The summed E-state index contributed by atoms with van der Waals surface area (Å²) in [6.07, 6.45) is 6.79. The van der Waals surface area contributed by atoms with E-state index in [9.17, 15) is 0 Å². The Kier molecular flexibility index (Phi) is 3.41. The van der Waals surface area contributed by atoms with Crippen molar-refractivity contribution in [3.05, 3.63) is 18.2 Å². The van der Waals surface area contributed by atoms with Gasteiger partial charge in [-0.2, -0.15) is 0 Å². The molecule has 20 heavy (non-hydrogen) atoms. The van der Waals surface area contributed by atoms with Crippen molar-refractivity contribution >= 4 is 0 Å². The summed E-state index contributed by atoms with van der Waals surface area (Å²) in [7, 11) is 0. The van der Waals surface area contributed by atoms with Crippen molar-refractivity contribution in [3.63, 3.8) is 0 Å². The molecule has 1 N–H and O–H groups in total. The number of piperazine rings is 1. The van der Waals surface area contributed by atoms with Gasteiger partial charge in [0.2, 0.25) is 0 Å². The number of aromatic nitrogens is 2. The van der Waals surface area contributed by atoms with Gasteiger partial charge >= 0.3 is 0 Å². The van der Waals surface area contributed by atoms with Gasteiger partial charge in [0.25, 0.3) is 0 Å². The minimum absolute atomic E-state index is 0.239. The number of nitrogens with one attached hydrogen (secondary N) is 1. The van der Waals surface area contributed by atoms with Crippen LogP contribution in [0.5, 0.6) is 0 Å². The second-order valence-electron chi connectivity index (χ2n) is 7.45. The SMILES string of the molecule is Cc1nccn1CCN1CC(C)(C2CC2)NCC1(C)C. The van der Waals surface area contributed by atoms with Crippen molar-refractivity contribution < 1.29 is 0 Å². The van der Waals surface area contributed by atoms with E-state index in [1.165, 1.54) is 19.4 Å². The summed E-state index contributed by atoms with van der Waals surface area (Å²) in [4.78, 5) is 6.98. The van der Waals surface area contributed by atoms with Crippen molar-refractivity contribution in [3.8, 4) is 0 Å². The van der Waals surface area contributed by atoms with Gasteiger partial charge in [0.1, 0.15) is 5.82 Å². The maximum atomic E-state index is 4.32. The van der Waals surface area contributed by atoms with Crippen LogP contribution >= 0.6 is 0 Å². The monoisotopic (exact) mass is 276 g/mol. The van der Waals surface area contributed by atoms with Crippen molar-refractivity contribution in [1.29, 1.82) is 0 Å². The van der Waals surface area contributed by atoms with Crippen LogP contribution in [-0.2, 0) is 6.54 Å². The van der Waals surface area contributed by atoms with Crippen molar-refractivity contribution in [1.82, 2.24) is 19.8 Å². The lowest BCUT2D eigenvalue weighted by molar-refractivity contribution is 0.0217. The van der Waals surface area contributed by atoms with Gasteiger partial charge in [-0.1, -0.05) is 0 Å². The number of imidazole rings is 1. The van der Waals surface area contributed by atoms with Gasteiger partial charge < -0.3 is 9.88 Å². The van der Waals surface area contributed by atoms with Crippen LogP contribution in [0.15, 0.2) is 12.4 Å². The van der Waals surface area contributed by atoms with Crippen LogP contribution in [0.4, 0.5) is 0 Å². The zero-order chi connectivity index (χ0) is 14.4. The molecule has 0 bridgehead atoms. The second kappa shape index (κ2) is 4.85. The van der Waals surface area contributed by atoms with Gasteiger partial charge in [-0.15, -0.1) is 0 Å². The summed E-state index contributed by atoms with van der Waals surface area (Å²) < 4.78 is 2.26. The lowest BCUT2D eigenvalue weighted by Gasteiger charge is -2.51. The third-order valence-electron chi connectivity index (χ3n) is 5.31. The second-order valence-corrected chi connectivity index (χ2v) is 7.45. The van der Waals surface area contributed by atoms with Crippen molar-refractivity contribution in [2.75, 3.05) is 19.6 Å². The Bertz CT molecular complexity index is 475. The molecule has 0 spiro atoms. The molecule has 2 heterocycles. The van der Waals surface area contributed by atoms with E-state index in [-0.39, 0.29) is 5.54 Å². The smallest absolute Gasteiger partial charge is 0.105 e. The molecule has 1 aromatic rings. The molecule has 0 radical (unpaired) electrons. The lowest BCUT2D eigenvalue weighted by atomic mass is 9.86. The normalized spacial score (nSPS) is 30.6. The predicted molar refractivity (Wildman–Crippen MR) is 81.7 cm³/mol. The molecule has 4 heteroatoms. The highest BCUT2D eigenvalue weighted by atomic mass is 15.3. The highest BCUT2D eigenvalue weighted by Crippen LogP contribution is 2.42. The van der Waals surface area contributed by atoms with Crippen LogP contribution in [0.2, 0.25) is 0 Å². The van der Waals surface area contributed by atoms with Gasteiger partial charge in [0.15, 0.2) is 0 Å². The quantitative estimate of drug-likeness (QED) is 0.913. The summed E-state index contributed by atoms with van der Waals surface area (Å²) in [5.74, 6) is 2.00. The van der Waals surface area contributed by atoms with E-state index in [1.807, 2.05) is 6.20 Å². The fraction of sp³-hybridized carbons (Fsp3) is 0.812. The van der Waals surface area contributed by atoms with Gasteiger partial charge in [0, 0.05) is 49.7 Å². The maximum Gasteiger partial charge on any atom is 0.105 e. The summed E-state index contributed by atoms with van der Waals surface area (Å²) in [5.41, 5.74) is 0.558. The highest BCUT2D eigenvalue weighted by Gasteiger charge is 2.47. The number of nitrogens with zero attached hydrogens (tertiary/aromatic N) is 3. The van der Waals surface area contributed by atoms with Gasteiger partial charge in [0.05, 0.1) is 0 Å². The highest BCUT2D eigenvalue weighted by molar-refractivity contribution is 5.06. The van der Waals surface area contributed by atoms with Crippen LogP contribution in [0.3, 0.4) is 0 Å². The standard InChI is InChI=1S/C16H28N4/c1-13-17-7-8-19(13)9-10-20-12-16(4,14-5-6-14)18-11-15(20,2)3/h7-8,14,18H,5-6,9-12H2,1-4H3. The zero-order valence-electron chi connectivity index (χ0n) is 13.3. The number of hydrogen-bond donors (Lipinski definition) is 1. The summed E-state index contributed by atoms with van der Waals surface area (Å²) in [6.45, 7) is 13.6. The molecule has 2 fully saturated rings. The van der Waals surface area contributed by atoms with E-state index in [4.69, 9.17) is 0 Å². The first-order valence-corrected chi connectivity index (χ1v) is 7.89. The van der Waals surface area contributed by atoms with E-state index in [1.54, 1.807) is 0 Å². The molecule has 1 saturated carbocycles. The Labute approximate surface area is 122 Å². The largest absolute Gasteiger partial charge is 0.334 e. The molecule has 1 aromatic heterocycles. The van der Waals surface area contributed by atoms with Crippen LogP contribution < -0.4 is 5.32 Å². The molecule has 1 unspecified atom stereocenters. The molecule has 1 saturated heterocycles. The minimum Gasteiger partial charge on any atom is -0.334 e. The van der Waals surface area contributed by atoms with Gasteiger partial charge in [-0.3, -0.25) is 4.90 Å². The summed E-state index contributed by atoms with van der Waals surface area (Å²) in [6, 6.07) is 0. The van der Waals surface area contributed by atoms with E-state index >= 15 is 0 Å². The Morgan fingerprint density at radius 3 is 2.65 bits per heavy atom. The minimum atomic E-state index is 0.239. The Hall–Kier alpha value is -0.870. The maximum absolute atomic E-state index is 4.32. The number of hydrogen-bond acceptors (Lipinski definition) is 3. The topological polar surface area (TPSA) is 33.1 Å². The number of rotatable bonds is 4. The van der Waals surface area contributed by atoms with Gasteiger partial charge in [-0.05, 0) is 46.5 Å². The zero-order valence-corrected chi connectivity index (χ0v) is 13.3. The molecular weight excluding hydrogens is 248 g/mol. The predicted octanol–water partition coefficient (Wildman–Crippen LogP) is 2.04. The van der Waals surface area contributed by atoms with E-state index in [2.05, 4.69) is 53.7 Å². The first kappa shape index (κ1) is 14.1. The fourth-order valence-electron chi connectivity index (χ4n) is 3.44. The van der Waals surface area contributed by atoms with Crippen molar-refractivity contribution in [2.45, 2.75) is 58.2 Å². The molecule has 0 aromatic carbocycles. The first-order valence-electron chi connectivity index (χ1n) is 7.89. The van der Waals surface area contributed by atoms with Crippen LogP contribution in [0, 0.1) is 12.8 Å².